The number of hydrogen-bond donors (Lipinski definition) is 1. The predicted molar refractivity (Wildman–Crippen MR) is 123 cm³/mol. The average molecular weight is 404 g/mol. The van der Waals surface area contributed by atoms with Crippen molar-refractivity contribution in [1.29, 1.82) is 0 Å². The molecule has 3 heterocycles. The molecule has 0 unspecified atom stereocenters. The van der Waals surface area contributed by atoms with Crippen LogP contribution >= 0.6 is 0 Å². The Morgan fingerprint density at radius 3 is 2.81 bits per heavy atom. The second-order valence-corrected chi connectivity index (χ2v) is 7.51. The van der Waals surface area contributed by atoms with Gasteiger partial charge >= 0.3 is 0 Å². The van der Waals surface area contributed by atoms with E-state index in [9.17, 15) is 4.79 Å². The molecule has 0 radical (unpaired) electrons. The van der Waals surface area contributed by atoms with Gasteiger partial charge in [0.1, 0.15) is 11.3 Å². The van der Waals surface area contributed by atoms with Gasteiger partial charge in [-0.2, -0.15) is 0 Å². The lowest BCUT2D eigenvalue weighted by molar-refractivity contribution is 0.102. The van der Waals surface area contributed by atoms with Gasteiger partial charge in [-0.15, -0.1) is 0 Å². The van der Waals surface area contributed by atoms with E-state index >= 15 is 0 Å². The van der Waals surface area contributed by atoms with Crippen molar-refractivity contribution >= 4 is 28.1 Å². The van der Waals surface area contributed by atoms with Gasteiger partial charge < -0.3 is 9.88 Å². The van der Waals surface area contributed by atoms with Crippen LogP contribution in [0.4, 0.5) is 5.69 Å². The molecule has 5 rings (SSSR count). The number of fused-ring (bicyclic) bond motifs is 2. The third-order valence-corrected chi connectivity index (χ3v) is 5.39. The van der Waals surface area contributed by atoms with E-state index in [1.807, 2.05) is 96.0 Å². The summed E-state index contributed by atoms with van der Waals surface area (Å²) in [6.07, 6.45) is 5.70. The average Bonchev–Trinajstić information content (AvgIpc) is 3.37. The maximum Gasteiger partial charge on any atom is 0.255 e. The van der Waals surface area contributed by atoms with E-state index in [2.05, 4.69) is 22.1 Å². The highest BCUT2D eigenvalue weighted by Crippen LogP contribution is 2.19. The topological polar surface area (TPSA) is 51.3 Å². The number of imidazole rings is 1. The summed E-state index contributed by atoms with van der Waals surface area (Å²) in [6.45, 7) is 2.01. The molecule has 5 aromatic rings. The van der Waals surface area contributed by atoms with E-state index in [0.29, 0.717) is 11.3 Å². The Bertz CT molecular complexity index is 1510. The summed E-state index contributed by atoms with van der Waals surface area (Å²) in [4.78, 5) is 17.2. The number of benzene rings is 2. The maximum atomic E-state index is 12.8. The predicted octanol–water partition coefficient (Wildman–Crippen LogP) is 4.79. The van der Waals surface area contributed by atoms with E-state index in [1.165, 1.54) is 0 Å². The Morgan fingerprint density at radius 1 is 1.00 bits per heavy atom. The molecule has 0 atom stereocenters. The van der Waals surface area contributed by atoms with Crippen molar-refractivity contribution in [1.82, 2.24) is 14.0 Å². The summed E-state index contributed by atoms with van der Waals surface area (Å²) >= 11 is 0. The molecule has 5 heteroatoms. The molecule has 2 aromatic carbocycles. The first-order valence-corrected chi connectivity index (χ1v) is 10.00. The van der Waals surface area contributed by atoms with Gasteiger partial charge in [0, 0.05) is 41.8 Å². The van der Waals surface area contributed by atoms with Crippen molar-refractivity contribution in [3.63, 3.8) is 0 Å². The monoisotopic (exact) mass is 404 g/mol. The lowest BCUT2D eigenvalue weighted by Gasteiger charge is -2.08. The number of nitrogens with one attached hydrogen (secondary N) is 1. The van der Waals surface area contributed by atoms with Crippen LogP contribution in [0.5, 0.6) is 0 Å². The zero-order valence-corrected chi connectivity index (χ0v) is 17.3. The van der Waals surface area contributed by atoms with Gasteiger partial charge in [0.05, 0.1) is 6.20 Å². The number of pyridine rings is 1. The molecule has 150 valence electrons. The third kappa shape index (κ3) is 3.56. The van der Waals surface area contributed by atoms with Crippen LogP contribution in [0, 0.1) is 18.8 Å². The first kappa shape index (κ1) is 18.7. The summed E-state index contributed by atoms with van der Waals surface area (Å²) in [5, 5.41) is 4.10. The van der Waals surface area contributed by atoms with Gasteiger partial charge in [-0.05, 0) is 66.3 Å². The molecule has 31 heavy (non-hydrogen) atoms. The zero-order valence-electron chi connectivity index (χ0n) is 17.3. The van der Waals surface area contributed by atoms with Gasteiger partial charge in [-0.25, -0.2) is 4.98 Å². The smallest absolute Gasteiger partial charge is 0.255 e. The van der Waals surface area contributed by atoms with E-state index in [0.717, 1.165) is 33.4 Å². The summed E-state index contributed by atoms with van der Waals surface area (Å²) in [6, 6.07) is 19.4. The number of aryl methyl sites for hydroxylation is 2. The summed E-state index contributed by atoms with van der Waals surface area (Å²) in [7, 11) is 1.97. The highest BCUT2D eigenvalue weighted by atomic mass is 16.1. The van der Waals surface area contributed by atoms with E-state index in [-0.39, 0.29) is 5.91 Å². The molecule has 0 aliphatic rings. The van der Waals surface area contributed by atoms with Crippen molar-refractivity contribution in [3.8, 4) is 11.8 Å². The standard InChI is InChI=1S/C26H20N4O/c1-18-6-10-22(28-26(31)21-8-7-19-12-14-29(2)24(19)16-21)15-20(18)9-11-23-17-27-25-5-3-4-13-30(23)25/h3-8,10,12-17H,1-2H3,(H,28,31). The highest BCUT2D eigenvalue weighted by Gasteiger charge is 2.09. The maximum absolute atomic E-state index is 12.8. The molecule has 0 saturated heterocycles. The molecular weight excluding hydrogens is 384 g/mol. The lowest BCUT2D eigenvalue weighted by Crippen LogP contribution is -2.12. The minimum absolute atomic E-state index is 0.146. The van der Waals surface area contributed by atoms with E-state index in [4.69, 9.17) is 0 Å². The van der Waals surface area contributed by atoms with Crippen LogP contribution in [-0.2, 0) is 7.05 Å². The van der Waals surface area contributed by atoms with Crippen LogP contribution in [0.15, 0.2) is 79.3 Å². The molecule has 0 aliphatic heterocycles. The molecule has 5 nitrogen and oxygen atoms in total. The number of amides is 1. The largest absolute Gasteiger partial charge is 0.351 e. The Morgan fingerprint density at radius 2 is 1.90 bits per heavy atom. The van der Waals surface area contributed by atoms with Crippen LogP contribution in [-0.4, -0.2) is 19.9 Å². The van der Waals surface area contributed by atoms with Gasteiger partial charge in [-0.1, -0.05) is 24.1 Å². The van der Waals surface area contributed by atoms with Crippen molar-refractivity contribution in [3.05, 3.63) is 102 Å². The molecule has 0 spiro atoms. The third-order valence-electron chi connectivity index (χ3n) is 5.39. The van der Waals surface area contributed by atoms with Crippen molar-refractivity contribution in [2.24, 2.45) is 7.05 Å². The van der Waals surface area contributed by atoms with E-state index in [1.54, 1.807) is 6.20 Å². The fraction of sp³-hybridized carbons (Fsp3) is 0.0769. The Kier molecular flexibility index (Phi) is 4.53. The fourth-order valence-corrected chi connectivity index (χ4v) is 3.60. The Labute approximate surface area is 180 Å². The molecule has 3 aromatic heterocycles. The number of aromatic nitrogens is 3. The minimum atomic E-state index is -0.146. The highest BCUT2D eigenvalue weighted by molar-refractivity contribution is 6.06. The van der Waals surface area contributed by atoms with Crippen molar-refractivity contribution < 1.29 is 4.79 Å². The minimum Gasteiger partial charge on any atom is -0.351 e. The Balaban J connectivity index is 1.42. The Hall–Kier alpha value is -4.30. The van der Waals surface area contributed by atoms with Gasteiger partial charge in [0.2, 0.25) is 0 Å². The first-order chi connectivity index (χ1) is 15.1. The molecule has 0 bridgehead atoms. The molecule has 0 aliphatic carbocycles. The molecule has 0 fully saturated rings. The normalized spacial score (nSPS) is 10.8. The summed E-state index contributed by atoms with van der Waals surface area (Å²) in [5.41, 5.74) is 5.94. The van der Waals surface area contributed by atoms with Crippen LogP contribution in [0.1, 0.15) is 27.2 Å². The molecular formula is C26H20N4O. The SMILES string of the molecule is Cc1ccc(NC(=O)c2ccc3ccn(C)c3c2)cc1C#Cc1cnc2ccccn12. The lowest BCUT2D eigenvalue weighted by atomic mass is 10.1. The number of hydrogen-bond acceptors (Lipinski definition) is 2. The number of nitrogens with zero attached hydrogens (tertiary/aromatic N) is 3. The van der Waals surface area contributed by atoms with Crippen LogP contribution in [0.3, 0.4) is 0 Å². The first-order valence-electron chi connectivity index (χ1n) is 10.00. The second kappa shape index (κ2) is 7.51. The van der Waals surface area contributed by atoms with Crippen LogP contribution in [0.2, 0.25) is 0 Å². The van der Waals surface area contributed by atoms with Crippen LogP contribution in [0.25, 0.3) is 16.6 Å². The fourth-order valence-electron chi connectivity index (χ4n) is 3.60. The summed E-state index contributed by atoms with van der Waals surface area (Å²) in [5.74, 6) is 6.27. The van der Waals surface area contributed by atoms with Crippen molar-refractivity contribution in [2.75, 3.05) is 5.32 Å². The number of carbonyl (C=O) groups excluding carboxylic acids is 1. The van der Waals surface area contributed by atoms with Crippen molar-refractivity contribution in [2.45, 2.75) is 6.92 Å². The van der Waals surface area contributed by atoms with Gasteiger partial charge in [0.25, 0.3) is 5.91 Å². The molecule has 0 saturated carbocycles. The van der Waals surface area contributed by atoms with Gasteiger partial charge in [-0.3, -0.25) is 9.20 Å². The molecule has 1 amide bonds. The quantitative estimate of drug-likeness (QED) is 0.430. The van der Waals surface area contributed by atoms with Gasteiger partial charge in [0.15, 0.2) is 0 Å². The zero-order chi connectivity index (χ0) is 21.4. The second-order valence-electron chi connectivity index (χ2n) is 7.51. The summed E-state index contributed by atoms with van der Waals surface area (Å²) < 4.78 is 3.96. The number of carbonyl (C=O) groups is 1. The number of anilines is 1. The number of rotatable bonds is 2. The van der Waals surface area contributed by atoms with Crippen LogP contribution < -0.4 is 5.32 Å². The molecule has 1 N–H and O–H groups in total. The van der Waals surface area contributed by atoms with E-state index < -0.39 is 0 Å².